The third-order valence-corrected chi connectivity index (χ3v) is 6.25. The highest BCUT2D eigenvalue weighted by atomic mass is 79.9. The minimum atomic E-state index is -0.424. The lowest BCUT2D eigenvalue weighted by molar-refractivity contribution is 0.102. The van der Waals surface area contributed by atoms with Crippen molar-refractivity contribution in [2.75, 3.05) is 25.3 Å². The minimum absolute atomic E-state index is 0.0568. The van der Waals surface area contributed by atoms with Crippen molar-refractivity contribution in [3.8, 4) is 17.6 Å². The molecule has 0 aliphatic heterocycles. The molecule has 1 amide bonds. The average Bonchev–Trinajstić information content (AvgIpc) is 2.78. The number of rotatable bonds is 7. The number of halogens is 1. The number of aromatic nitrogens is 1. The Bertz CT molecular complexity index is 1150. The number of nitriles is 1. The lowest BCUT2D eigenvalue weighted by Gasteiger charge is -2.13. The first-order valence-electron chi connectivity index (χ1n) is 9.07. The summed E-state index contributed by atoms with van der Waals surface area (Å²) in [5, 5.41) is 12.8. The van der Waals surface area contributed by atoms with E-state index in [4.69, 9.17) is 15.2 Å². The van der Waals surface area contributed by atoms with Gasteiger partial charge in [0.15, 0.2) is 11.5 Å². The van der Waals surface area contributed by atoms with Crippen molar-refractivity contribution in [1.82, 2.24) is 4.98 Å². The number of nitrogens with two attached hydrogens (primary N) is 1. The fourth-order valence-corrected chi connectivity index (χ4v) is 4.56. The smallest absolute Gasteiger partial charge is 0.259 e. The van der Waals surface area contributed by atoms with Crippen LogP contribution in [-0.2, 0) is 5.75 Å². The van der Waals surface area contributed by atoms with E-state index >= 15 is 0 Å². The molecule has 1 heterocycles. The van der Waals surface area contributed by atoms with Crippen LogP contribution in [0.5, 0.6) is 11.5 Å². The Labute approximate surface area is 192 Å². The van der Waals surface area contributed by atoms with Gasteiger partial charge in [0.2, 0.25) is 0 Å². The molecular formula is C22H19BrN4O3S. The number of benzene rings is 2. The Morgan fingerprint density at radius 2 is 1.97 bits per heavy atom. The number of hydrogen-bond donors (Lipinski definition) is 2. The predicted molar refractivity (Wildman–Crippen MR) is 125 cm³/mol. The van der Waals surface area contributed by atoms with E-state index in [0.29, 0.717) is 28.0 Å². The molecule has 158 valence electrons. The van der Waals surface area contributed by atoms with Crippen molar-refractivity contribution >= 4 is 45.1 Å². The second-order valence-corrected chi connectivity index (χ2v) is 8.03. The largest absolute Gasteiger partial charge is 0.493 e. The highest BCUT2D eigenvalue weighted by Gasteiger charge is 2.18. The molecule has 0 atom stereocenters. The third kappa shape index (κ3) is 5.10. The van der Waals surface area contributed by atoms with E-state index in [9.17, 15) is 10.1 Å². The van der Waals surface area contributed by atoms with E-state index in [0.717, 1.165) is 10.0 Å². The summed E-state index contributed by atoms with van der Waals surface area (Å²) in [5.41, 5.74) is 8.02. The fourth-order valence-electron chi connectivity index (χ4n) is 2.79. The SMILES string of the molecule is COc1ccc(CSc2nc(N)c(C(=O)Nc3ccccc3)cc2C#N)c(Br)c1OC. The van der Waals surface area contributed by atoms with Crippen LogP contribution in [0.4, 0.5) is 11.5 Å². The summed E-state index contributed by atoms with van der Waals surface area (Å²) in [7, 11) is 3.13. The molecule has 0 spiro atoms. The number of hydrogen-bond acceptors (Lipinski definition) is 7. The molecule has 0 saturated heterocycles. The van der Waals surface area contributed by atoms with Gasteiger partial charge in [-0.3, -0.25) is 4.79 Å². The number of nitrogens with zero attached hydrogens (tertiary/aromatic N) is 2. The molecule has 3 N–H and O–H groups in total. The second kappa shape index (κ2) is 10.2. The van der Waals surface area contributed by atoms with Crippen LogP contribution in [0, 0.1) is 11.3 Å². The van der Waals surface area contributed by atoms with Gasteiger partial charge >= 0.3 is 0 Å². The fraction of sp³-hybridized carbons (Fsp3) is 0.136. The molecule has 0 unspecified atom stereocenters. The van der Waals surface area contributed by atoms with E-state index in [2.05, 4.69) is 32.3 Å². The van der Waals surface area contributed by atoms with Crippen molar-refractivity contribution < 1.29 is 14.3 Å². The van der Waals surface area contributed by atoms with Crippen molar-refractivity contribution in [1.29, 1.82) is 5.26 Å². The first kappa shape index (κ1) is 22.5. The number of methoxy groups -OCH3 is 2. The number of nitrogen functional groups attached to an aromatic ring is 1. The van der Waals surface area contributed by atoms with E-state index in [1.807, 2.05) is 30.3 Å². The lowest BCUT2D eigenvalue weighted by atomic mass is 10.2. The predicted octanol–water partition coefficient (Wildman–Crippen LogP) is 4.86. The zero-order valence-electron chi connectivity index (χ0n) is 16.8. The normalized spacial score (nSPS) is 10.3. The Morgan fingerprint density at radius 1 is 1.23 bits per heavy atom. The number of amides is 1. The van der Waals surface area contributed by atoms with Crippen LogP contribution in [0.1, 0.15) is 21.5 Å². The van der Waals surface area contributed by atoms with Gasteiger partial charge in [-0.1, -0.05) is 24.3 Å². The Balaban J connectivity index is 1.83. The van der Waals surface area contributed by atoms with Gasteiger partial charge in [-0.2, -0.15) is 5.26 Å². The zero-order chi connectivity index (χ0) is 22.4. The maximum absolute atomic E-state index is 12.6. The van der Waals surface area contributed by atoms with Crippen LogP contribution >= 0.6 is 27.7 Å². The Kier molecular flexibility index (Phi) is 7.39. The number of nitrogens with one attached hydrogen (secondary N) is 1. The molecular weight excluding hydrogens is 480 g/mol. The van der Waals surface area contributed by atoms with Crippen molar-refractivity contribution in [3.05, 3.63) is 69.7 Å². The third-order valence-electron chi connectivity index (χ3n) is 4.34. The number of carbonyl (C=O) groups excluding carboxylic acids is 1. The van der Waals surface area contributed by atoms with Gasteiger partial charge in [0, 0.05) is 11.4 Å². The van der Waals surface area contributed by atoms with E-state index < -0.39 is 5.91 Å². The molecule has 0 bridgehead atoms. The maximum Gasteiger partial charge on any atom is 0.259 e. The molecule has 2 aromatic carbocycles. The quantitative estimate of drug-likeness (QED) is 0.447. The summed E-state index contributed by atoms with van der Waals surface area (Å²) < 4.78 is 11.5. The van der Waals surface area contributed by atoms with Gasteiger partial charge in [0.05, 0.1) is 29.8 Å². The van der Waals surface area contributed by atoms with Crippen molar-refractivity contribution in [3.63, 3.8) is 0 Å². The molecule has 3 aromatic rings. The van der Waals surface area contributed by atoms with Crippen molar-refractivity contribution in [2.24, 2.45) is 0 Å². The van der Waals surface area contributed by atoms with Crippen LogP contribution in [0.3, 0.4) is 0 Å². The van der Waals surface area contributed by atoms with Gasteiger partial charge in [-0.25, -0.2) is 4.98 Å². The summed E-state index contributed by atoms with van der Waals surface area (Å²) in [5.74, 6) is 1.32. The zero-order valence-corrected chi connectivity index (χ0v) is 19.2. The van der Waals surface area contributed by atoms with Gasteiger partial charge in [0.25, 0.3) is 5.91 Å². The standard InChI is InChI=1S/C22H19BrN4O3S/c1-29-17-9-8-13(18(23)19(17)30-2)12-31-22-14(11-24)10-16(20(25)27-22)21(28)26-15-6-4-3-5-7-15/h3-10H,12H2,1-2H3,(H2,25,27)(H,26,28). The highest BCUT2D eigenvalue weighted by Crippen LogP contribution is 2.40. The first-order chi connectivity index (χ1) is 15.0. The molecule has 0 radical (unpaired) electrons. The van der Waals surface area contributed by atoms with Gasteiger partial charge < -0.3 is 20.5 Å². The average molecular weight is 499 g/mol. The topological polar surface area (TPSA) is 110 Å². The van der Waals surface area contributed by atoms with E-state index in [1.54, 1.807) is 26.4 Å². The molecule has 1 aromatic heterocycles. The summed E-state index contributed by atoms with van der Waals surface area (Å²) in [6.45, 7) is 0. The second-order valence-electron chi connectivity index (χ2n) is 6.27. The number of ether oxygens (including phenoxy) is 2. The first-order valence-corrected chi connectivity index (χ1v) is 10.9. The molecule has 0 saturated carbocycles. The highest BCUT2D eigenvalue weighted by molar-refractivity contribution is 9.10. The van der Waals surface area contributed by atoms with Crippen molar-refractivity contribution in [2.45, 2.75) is 10.8 Å². The number of pyridine rings is 1. The molecule has 9 heteroatoms. The number of para-hydroxylation sites is 1. The molecule has 31 heavy (non-hydrogen) atoms. The number of thioether (sulfide) groups is 1. The van der Waals surface area contributed by atoms with Crippen LogP contribution in [0.25, 0.3) is 0 Å². The van der Waals surface area contributed by atoms with Gasteiger partial charge in [-0.15, -0.1) is 11.8 Å². The van der Waals surface area contributed by atoms with E-state index in [-0.39, 0.29) is 16.9 Å². The van der Waals surface area contributed by atoms with Crippen LogP contribution < -0.4 is 20.5 Å². The summed E-state index contributed by atoms with van der Waals surface area (Å²) in [4.78, 5) is 16.9. The van der Waals surface area contributed by atoms with Crippen LogP contribution in [0.2, 0.25) is 0 Å². The Hall–Kier alpha value is -3.22. The van der Waals surface area contributed by atoms with Crippen LogP contribution in [0.15, 0.2) is 58.0 Å². The summed E-state index contributed by atoms with van der Waals surface area (Å²) in [6.07, 6.45) is 0. The van der Waals surface area contributed by atoms with Gasteiger partial charge in [-0.05, 0) is 45.8 Å². The van der Waals surface area contributed by atoms with Crippen LogP contribution in [-0.4, -0.2) is 25.1 Å². The monoisotopic (exact) mass is 498 g/mol. The van der Waals surface area contributed by atoms with Gasteiger partial charge in [0.1, 0.15) is 16.9 Å². The molecule has 7 nitrogen and oxygen atoms in total. The molecule has 3 rings (SSSR count). The summed E-state index contributed by atoms with van der Waals surface area (Å²) >= 11 is 4.88. The minimum Gasteiger partial charge on any atom is -0.493 e. The molecule has 0 aliphatic carbocycles. The van der Waals surface area contributed by atoms with E-state index in [1.165, 1.54) is 17.8 Å². The maximum atomic E-state index is 12.6. The lowest BCUT2D eigenvalue weighted by Crippen LogP contribution is -2.15. The Morgan fingerprint density at radius 3 is 2.61 bits per heavy atom. The number of anilines is 2. The summed E-state index contributed by atoms with van der Waals surface area (Å²) in [6, 6.07) is 16.3. The molecule has 0 aliphatic rings. The molecule has 0 fully saturated rings. The number of carbonyl (C=O) groups is 1.